The molecule has 0 aromatic heterocycles. The van der Waals surface area contributed by atoms with E-state index in [0.717, 1.165) is 0 Å². The van der Waals surface area contributed by atoms with Crippen LogP contribution < -0.4 is 0 Å². The van der Waals surface area contributed by atoms with Crippen molar-refractivity contribution in [2.24, 2.45) is 0 Å². The Morgan fingerprint density at radius 2 is 1.45 bits per heavy atom. The van der Waals surface area contributed by atoms with Crippen molar-refractivity contribution in [3.8, 4) is 0 Å². The van der Waals surface area contributed by atoms with Crippen LogP contribution in [0, 0.1) is 0 Å². The summed E-state index contributed by atoms with van der Waals surface area (Å²) in [6.07, 6.45) is -0.299. The molecule has 1 aliphatic rings. The summed E-state index contributed by atoms with van der Waals surface area (Å²) in [7, 11) is 0. The summed E-state index contributed by atoms with van der Waals surface area (Å²) >= 11 is 0. The maximum absolute atomic E-state index is 12.2. The van der Waals surface area contributed by atoms with Crippen LogP contribution in [0.25, 0.3) is 0 Å². The second-order valence-electron chi connectivity index (χ2n) is 5.91. The van der Waals surface area contributed by atoms with Crippen molar-refractivity contribution in [1.82, 2.24) is 14.7 Å². The maximum Gasteiger partial charge on any atom is 0.410 e. The molecule has 1 rings (SSSR count). The van der Waals surface area contributed by atoms with Crippen molar-refractivity contribution in [2.75, 3.05) is 39.3 Å². The number of hydrogen-bond acceptors (Lipinski definition) is 3. The number of ether oxygens (including phenoxy) is 1. The molecule has 1 saturated heterocycles. The van der Waals surface area contributed by atoms with Crippen molar-refractivity contribution in [1.29, 1.82) is 0 Å². The van der Waals surface area contributed by atoms with Crippen LogP contribution in [0.15, 0.2) is 0 Å². The van der Waals surface area contributed by atoms with Crippen molar-refractivity contribution in [3.63, 3.8) is 0 Å². The number of rotatable bonds is 2. The number of nitrogens with zero attached hydrogens (tertiary/aromatic N) is 3. The number of carbonyl (C=O) groups excluding carboxylic acids is 2. The molecule has 6 heteroatoms. The highest BCUT2D eigenvalue weighted by molar-refractivity contribution is 5.75. The van der Waals surface area contributed by atoms with E-state index in [1.165, 1.54) is 0 Å². The van der Waals surface area contributed by atoms with Gasteiger partial charge in [-0.15, -0.1) is 0 Å². The van der Waals surface area contributed by atoms with E-state index in [1.54, 1.807) is 14.7 Å². The number of piperazine rings is 1. The minimum absolute atomic E-state index is 0.0545. The third-order valence-corrected chi connectivity index (χ3v) is 3.24. The van der Waals surface area contributed by atoms with E-state index >= 15 is 0 Å². The highest BCUT2D eigenvalue weighted by atomic mass is 16.6. The van der Waals surface area contributed by atoms with Gasteiger partial charge in [0, 0.05) is 39.3 Å². The Kier molecular flexibility index (Phi) is 5.65. The minimum Gasteiger partial charge on any atom is -0.444 e. The Balaban J connectivity index is 2.47. The highest BCUT2D eigenvalue weighted by Crippen LogP contribution is 2.12. The zero-order valence-corrected chi connectivity index (χ0v) is 13.3. The summed E-state index contributed by atoms with van der Waals surface area (Å²) in [4.78, 5) is 29.4. The van der Waals surface area contributed by atoms with Gasteiger partial charge in [0.1, 0.15) is 5.60 Å². The van der Waals surface area contributed by atoms with Gasteiger partial charge in [-0.05, 0) is 34.6 Å². The van der Waals surface area contributed by atoms with Gasteiger partial charge < -0.3 is 19.4 Å². The van der Waals surface area contributed by atoms with E-state index in [-0.39, 0.29) is 12.1 Å². The summed E-state index contributed by atoms with van der Waals surface area (Å²) in [5.74, 6) is 0. The van der Waals surface area contributed by atoms with Gasteiger partial charge in [0.2, 0.25) is 0 Å². The molecule has 116 valence electrons. The summed E-state index contributed by atoms with van der Waals surface area (Å²) < 4.78 is 5.34. The predicted octanol–water partition coefficient (Wildman–Crippen LogP) is 2.00. The van der Waals surface area contributed by atoms with E-state index in [1.807, 2.05) is 34.6 Å². The van der Waals surface area contributed by atoms with Crippen LogP contribution in [0.2, 0.25) is 0 Å². The lowest BCUT2D eigenvalue weighted by Crippen LogP contribution is -2.54. The average Bonchev–Trinajstić information content (AvgIpc) is 2.38. The first-order valence-corrected chi connectivity index (χ1v) is 7.30. The van der Waals surface area contributed by atoms with Crippen molar-refractivity contribution >= 4 is 12.1 Å². The zero-order valence-electron chi connectivity index (χ0n) is 13.3. The lowest BCUT2D eigenvalue weighted by atomic mass is 10.2. The quantitative estimate of drug-likeness (QED) is 0.780. The van der Waals surface area contributed by atoms with Crippen molar-refractivity contribution in [2.45, 2.75) is 40.2 Å². The molecule has 0 spiro atoms. The zero-order chi connectivity index (χ0) is 15.3. The monoisotopic (exact) mass is 285 g/mol. The number of carbonyl (C=O) groups is 2. The van der Waals surface area contributed by atoms with Crippen molar-refractivity contribution in [3.05, 3.63) is 0 Å². The molecule has 3 amide bonds. The second-order valence-corrected chi connectivity index (χ2v) is 5.91. The van der Waals surface area contributed by atoms with Gasteiger partial charge >= 0.3 is 12.1 Å². The van der Waals surface area contributed by atoms with Gasteiger partial charge in [0.15, 0.2) is 0 Å². The molecule has 1 heterocycles. The van der Waals surface area contributed by atoms with Crippen LogP contribution in [0.5, 0.6) is 0 Å². The summed E-state index contributed by atoms with van der Waals surface area (Å²) in [5, 5.41) is 0. The Morgan fingerprint density at radius 3 is 1.85 bits per heavy atom. The molecule has 0 bridgehead atoms. The van der Waals surface area contributed by atoms with Gasteiger partial charge in [-0.2, -0.15) is 0 Å². The first-order chi connectivity index (χ1) is 9.28. The van der Waals surface area contributed by atoms with Crippen LogP contribution in [0.1, 0.15) is 34.6 Å². The largest absolute Gasteiger partial charge is 0.444 e. The van der Waals surface area contributed by atoms with Gasteiger partial charge in [0.05, 0.1) is 0 Å². The third kappa shape index (κ3) is 4.58. The van der Waals surface area contributed by atoms with Crippen LogP contribution in [-0.4, -0.2) is 71.7 Å². The van der Waals surface area contributed by atoms with Crippen molar-refractivity contribution < 1.29 is 14.3 Å². The first kappa shape index (κ1) is 16.6. The molecule has 0 aromatic carbocycles. The minimum atomic E-state index is -0.481. The number of hydrogen-bond donors (Lipinski definition) is 0. The predicted molar refractivity (Wildman–Crippen MR) is 77.7 cm³/mol. The van der Waals surface area contributed by atoms with Gasteiger partial charge in [0.25, 0.3) is 0 Å². The molecule has 1 fully saturated rings. The van der Waals surface area contributed by atoms with Crippen LogP contribution in [0.3, 0.4) is 0 Å². The molecule has 0 saturated carbocycles. The Bertz CT molecular complexity index is 340. The molecular weight excluding hydrogens is 258 g/mol. The topological polar surface area (TPSA) is 53.1 Å². The molecule has 0 aromatic rings. The molecule has 0 N–H and O–H groups in total. The van der Waals surface area contributed by atoms with Crippen LogP contribution >= 0.6 is 0 Å². The summed E-state index contributed by atoms with van der Waals surface area (Å²) in [5.41, 5.74) is -0.481. The first-order valence-electron chi connectivity index (χ1n) is 7.30. The van der Waals surface area contributed by atoms with Crippen LogP contribution in [-0.2, 0) is 4.74 Å². The Labute approximate surface area is 121 Å². The van der Waals surface area contributed by atoms with Gasteiger partial charge in [-0.3, -0.25) is 0 Å². The molecule has 0 aliphatic carbocycles. The van der Waals surface area contributed by atoms with Gasteiger partial charge in [-0.25, -0.2) is 9.59 Å². The number of amides is 3. The molecule has 1 aliphatic heterocycles. The summed E-state index contributed by atoms with van der Waals surface area (Å²) in [6, 6.07) is 0.0545. The van der Waals surface area contributed by atoms with E-state index in [0.29, 0.717) is 39.3 Å². The summed E-state index contributed by atoms with van der Waals surface area (Å²) in [6.45, 7) is 13.1. The fourth-order valence-electron chi connectivity index (χ4n) is 2.10. The van der Waals surface area contributed by atoms with E-state index in [4.69, 9.17) is 4.74 Å². The fraction of sp³-hybridized carbons (Fsp3) is 0.857. The highest BCUT2D eigenvalue weighted by Gasteiger charge is 2.28. The fourth-order valence-corrected chi connectivity index (χ4v) is 2.10. The molecular formula is C14H27N3O3. The Hall–Kier alpha value is -1.46. The second kappa shape index (κ2) is 6.81. The molecule has 0 radical (unpaired) electrons. The SMILES string of the molecule is CCN(CC)C(=O)N1CCN(C(=O)OC(C)(C)C)CC1. The van der Waals surface area contributed by atoms with Gasteiger partial charge in [-0.1, -0.05) is 0 Å². The normalized spacial score (nSPS) is 16.1. The van der Waals surface area contributed by atoms with E-state index in [2.05, 4.69) is 0 Å². The lowest BCUT2D eigenvalue weighted by molar-refractivity contribution is 0.0158. The van der Waals surface area contributed by atoms with E-state index in [9.17, 15) is 9.59 Å². The maximum atomic E-state index is 12.2. The standard InChI is InChI=1S/C14H27N3O3/c1-6-15(7-2)12(18)16-8-10-17(11-9-16)13(19)20-14(3,4)5/h6-11H2,1-5H3. The lowest BCUT2D eigenvalue weighted by Gasteiger charge is -2.37. The molecule has 0 atom stereocenters. The molecule has 6 nitrogen and oxygen atoms in total. The number of urea groups is 1. The van der Waals surface area contributed by atoms with Crippen LogP contribution in [0.4, 0.5) is 9.59 Å². The third-order valence-electron chi connectivity index (χ3n) is 3.24. The van der Waals surface area contributed by atoms with E-state index < -0.39 is 5.60 Å². The average molecular weight is 285 g/mol. The smallest absolute Gasteiger partial charge is 0.410 e. The Morgan fingerprint density at radius 1 is 1.00 bits per heavy atom. The molecule has 20 heavy (non-hydrogen) atoms. The molecule has 0 unspecified atom stereocenters.